The number of aliphatic hydroxyl groups is 1. The van der Waals surface area contributed by atoms with Gasteiger partial charge in [0.2, 0.25) is 0 Å². The highest BCUT2D eigenvalue weighted by Gasteiger charge is 2.29. The maximum atomic E-state index is 12.6. The number of allylic oxidation sites excluding steroid dienone is 1. The maximum Gasteiger partial charge on any atom is 0.253 e. The minimum absolute atomic E-state index is 0.128. The number of likely N-dealkylation sites (tertiary alicyclic amines) is 1. The van der Waals surface area contributed by atoms with Crippen LogP contribution in [-0.2, 0) is 9.53 Å². The Kier molecular flexibility index (Phi) is 4.65. The van der Waals surface area contributed by atoms with Crippen molar-refractivity contribution in [2.75, 3.05) is 39.4 Å². The second-order valence-corrected chi connectivity index (χ2v) is 6.81. The molecule has 0 aromatic heterocycles. The first-order chi connectivity index (χ1) is 12.7. The van der Waals surface area contributed by atoms with Crippen molar-refractivity contribution in [2.45, 2.75) is 18.4 Å². The van der Waals surface area contributed by atoms with Crippen molar-refractivity contribution in [1.82, 2.24) is 9.80 Å². The predicted molar refractivity (Wildman–Crippen MR) is 92.9 cm³/mol. The molecule has 2 fully saturated rings. The minimum Gasteiger partial charge on any atom is -0.441 e. The summed E-state index contributed by atoms with van der Waals surface area (Å²) in [5.41, 5.74) is 1.21. The summed E-state index contributed by atoms with van der Waals surface area (Å²) in [7, 11) is 0. The monoisotopic (exact) mass is 358 g/mol. The van der Waals surface area contributed by atoms with Crippen LogP contribution in [0, 0.1) is 0 Å². The predicted octanol–water partition coefficient (Wildman–Crippen LogP) is 0.742. The molecule has 1 amide bonds. The lowest BCUT2D eigenvalue weighted by molar-refractivity contribution is -0.108. The highest BCUT2D eigenvalue weighted by Crippen LogP contribution is 2.35. The maximum absolute atomic E-state index is 12.6. The van der Waals surface area contributed by atoms with Crippen molar-refractivity contribution in [1.29, 1.82) is 0 Å². The molecule has 7 nitrogen and oxygen atoms in total. The highest BCUT2D eigenvalue weighted by atomic mass is 16.5. The summed E-state index contributed by atoms with van der Waals surface area (Å²) in [5, 5.41) is 9.64. The molecule has 2 saturated heterocycles. The van der Waals surface area contributed by atoms with Gasteiger partial charge < -0.3 is 29.2 Å². The van der Waals surface area contributed by atoms with Gasteiger partial charge >= 0.3 is 0 Å². The SMILES string of the molecule is O=CC1C=C(N2CCOCC2)Oc2ccc(C(=O)N3CCC(O)C3)cc21. The number of carbonyl (C=O) groups is 2. The van der Waals surface area contributed by atoms with Crippen molar-refractivity contribution >= 4 is 12.2 Å². The number of amides is 1. The first-order valence-electron chi connectivity index (χ1n) is 8.94. The van der Waals surface area contributed by atoms with Crippen LogP contribution in [0.4, 0.5) is 0 Å². The molecule has 1 aromatic rings. The van der Waals surface area contributed by atoms with E-state index >= 15 is 0 Å². The van der Waals surface area contributed by atoms with E-state index in [1.807, 2.05) is 0 Å². The number of morpholine rings is 1. The molecule has 2 unspecified atom stereocenters. The van der Waals surface area contributed by atoms with Gasteiger partial charge in [0.25, 0.3) is 5.91 Å². The largest absolute Gasteiger partial charge is 0.441 e. The van der Waals surface area contributed by atoms with Gasteiger partial charge in [0.05, 0.1) is 25.2 Å². The average molecular weight is 358 g/mol. The number of aliphatic hydroxyl groups excluding tert-OH is 1. The van der Waals surface area contributed by atoms with Gasteiger partial charge in [0.1, 0.15) is 12.0 Å². The van der Waals surface area contributed by atoms with Crippen LogP contribution in [0.5, 0.6) is 5.75 Å². The number of hydrogen-bond donors (Lipinski definition) is 1. The Morgan fingerprint density at radius 3 is 2.73 bits per heavy atom. The summed E-state index contributed by atoms with van der Waals surface area (Å²) in [5.74, 6) is 0.689. The molecule has 7 heteroatoms. The van der Waals surface area contributed by atoms with Crippen molar-refractivity contribution < 1.29 is 24.2 Å². The number of aldehydes is 1. The van der Waals surface area contributed by atoms with Crippen LogP contribution in [0.3, 0.4) is 0 Å². The second kappa shape index (κ2) is 7.09. The summed E-state index contributed by atoms with van der Waals surface area (Å²) >= 11 is 0. The Balaban J connectivity index is 1.58. The van der Waals surface area contributed by atoms with Crippen molar-refractivity contribution in [2.24, 2.45) is 0 Å². The van der Waals surface area contributed by atoms with E-state index in [1.165, 1.54) is 0 Å². The van der Waals surface area contributed by atoms with E-state index in [0.717, 1.165) is 19.4 Å². The lowest BCUT2D eigenvalue weighted by Crippen LogP contribution is -2.38. The third-order valence-corrected chi connectivity index (χ3v) is 5.07. The first kappa shape index (κ1) is 17.1. The van der Waals surface area contributed by atoms with E-state index in [0.29, 0.717) is 55.5 Å². The molecular formula is C19H22N2O5. The van der Waals surface area contributed by atoms with Crippen LogP contribution in [0.1, 0.15) is 28.3 Å². The van der Waals surface area contributed by atoms with Gasteiger partial charge in [-0.05, 0) is 30.7 Å². The van der Waals surface area contributed by atoms with Gasteiger partial charge in [-0.15, -0.1) is 0 Å². The van der Waals surface area contributed by atoms with Crippen molar-refractivity contribution in [3.63, 3.8) is 0 Å². The fourth-order valence-electron chi connectivity index (χ4n) is 3.60. The number of nitrogens with zero attached hydrogens (tertiary/aromatic N) is 2. The zero-order chi connectivity index (χ0) is 18.1. The summed E-state index contributed by atoms with van der Waals surface area (Å²) < 4.78 is 11.3. The summed E-state index contributed by atoms with van der Waals surface area (Å²) in [6, 6.07) is 5.20. The van der Waals surface area contributed by atoms with Crippen LogP contribution in [0.25, 0.3) is 0 Å². The molecule has 138 valence electrons. The van der Waals surface area contributed by atoms with E-state index in [9.17, 15) is 14.7 Å². The lowest BCUT2D eigenvalue weighted by Gasteiger charge is -2.33. The smallest absolute Gasteiger partial charge is 0.253 e. The quantitative estimate of drug-likeness (QED) is 0.803. The van der Waals surface area contributed by atoms with E-state index < -0.39 is 12.0 Å². The van der Waals surface area contributed by atoms with Gasteiger partial charge in [0, 0.05) is 37.3 Å². The summed E-state index contributed by atoms with van der Waals surface area (Å²) in [4.78, 5) is 28.0. The second-order valence-electron chi connectivity index (χ2n) is 6.81. The molecule has 3 aliphatic rings. The van der Waals surface area contributed by atoms with Gasteiger partial charge in [-0.2, -0.15) is 0 Å². The average Bonchev–Trinajstić information content (AvgIpc) is 3.13. The number of benzene rings is 1. The van der Waals surface area contributed by atoms with Crippen LogP contribution in [-0.4, -0.2) is 72.6 Å². The fourth-order valence-corrected chi connectivity index (χ4v) is 3.60. The standard InChI is InChI=1S/C19H22N2O5/c22-12-14-10-18(20-5-7-25-8-6-20)26-17-2-1-13(9-16(14)17)19(24)21-4-3-15(23)11-21/h1-2,9-10,12,14-15,23H,3-8,11H2. The van der Waals surface area contributed by atoms with E-state index in [2.05, 4.69) is 4.90 Å². The Hall–Kier alpha value is -2.38. The van der Waals surface area contributed by atoms with Gasteiger partial charge in [-0.3, -0.25) is 4.79 Å². The van der Waals surface area contributed by atoms with Crippen LogP contribution in [0.2, 0.25) is 0 Å². The molecule has 1 aromatic carbocycles. The highest BCUT2D eigenvalue weighted by molar-refractivity contribution is 5.95. The zero-order valence-corrected chi connectivity index (χ0v) is 14.5. The number of ether oxygens (including phenoxy) is 2. The number of fused-ring (bicyclic) bond motifs is 1. The van der Waals surface area contributed by atoms with Crippen LogP contribution < -0.4 is 4.74 Å². The number of carbonyl (C=O) groups excluding carboxylic acids is 2. The number of rotatable bonds is 3. The Morgan fingerprint density at radius 2 is 2.04 bits per heavy atom. The summed E-state index contributed by atoms with van der Waals surface area (Å²) in [6.07, 6.45) is 2.81. The molecule has 3 heterocycles. The Bertz CT molecular complexity index is 741. The lowest BCUT2D eigenvalue weighted by atomic mass is 9.95. The Labute approximate surface area is 151 Å². The van der Waals surface area contributed by atoms with Crippen molar-refractivity contribution in [3.05, 3.63) is 41.3 Å². The topological polar surface area (TPSA) is 79.3 Å². The zero-order valence-electron chi connectivity index (χ0n) is 14.5. The van der Waals surface area contributed by atoms with Crippen LogP contribution in [0.15, 0.2) is 30.2 Å². The van der Waals surface area contributed by atoms with Crippen molar-refractivity contribution in [3.8, 4) is 5.75 Å². The van der Waals surface area contributed by atoms with Gasteiger partial charge in [0.15, 0.2) is 5.88 Å². The third kappa shape index (κ3) is 3.20. The third-order valence-electron chi connectivity index (χ3n) is 5.07. The van der Waals surface area contributed by atoms with Crippen LogP contribution >= 0.6 is 0 Å². The van der Waals surface area contributed by atoms with E-state index in [1.54, 1.807) is 29.2 Å². The molecule has 4 rings (SSSR count). The molecule has 0 spiro atoms. The van der Waals surface area contributed by atoms with Gasteiger partial charge in [-0.25, -0.2) is 0 Å². The molecule has 0 aliphatic carbocycles. The number of β-amino-alcohol motifs (C(OH)–C–C–N with tert-alkyl or cyclic N) is 1. The Morgan fingerprint density at radius 1 is 1.23 bits per heavy atom. The van der Waals surface area contributed by atoms with E-state index in [-0.39, 0.29) is 5.91 Å². The molecule has 1 N–H and O–H groups in total. The molecule has 0 bridgehead atoms. The molecule has 26 heavy (non-hydrogen) atoms. The molecular weight excluding hydrogens is 336 g/mol. The first-order valence-corrected chi connectivity index (χ1v) is 8.94. The molecule has 0 saturated carbocycles. The molecule has 2 atom stereocenters. The minimum atomic E-state index is -0.457. The van der Waals surface area contributed by atoms with E-state index in [4.69, 9.17) is 9.47 Å². The van der Waals surface area contributed by atoms with Gasteiger partial charge in [-0.1, -0.05) is 0 Å². The fraction of sp³-hybridized carbons (Fsp3) is 0.474. The molecule has 3 aliphatic heterocycles. The normalized spacial score (nSPS) is 25.3. The molecule has 0 radical (unpaired) electrons. The number of hydrogen-bond acceptors (Lipinski definition) is 6. The summed E-state index contributed by atoms with van der Waals surface area (Å²) in [6.45, 7) is 3.61.